The third-order valence-corrected chi connectivity index (χ3v) is 6.62. The number of nitrogens with zero attached hydrogens (tertiary/aromatic N) is 1. The summed E-state index contributed by atoms with van der Waals surface area (Å²) in [7, 11) is 1.55. The number of aliphatic hydroxyl groups excluding tert-OH is 1. The largest absolute Gasteiger partial charge is 0.507 e. The van der Waals surface area contributed by atoms with E-state index in [1.807, 2.05) is 52.8 Å². The summed E-state index contributed by atoms with van der Waals surface area (Å²) in [6.45, 7) is 10.4. The van der Waals surface area contributed by atoms with Gasteiger partial charge in [0.1, 0.15) is 11.5 Å². The fourth-order valence-electron chi connectivity index (χ4n) is 4.78. The second-order valence-electron chi connectivity index (χ2n) is 9.22. The van der Waals surface area contributed by atoms with Gasteiger partial charge in [-0.05, 0) is 93.3 Å². The van der Waals surface area contributed by atoms with Crippen LogP contribution in [0.2, 0.25) is 0 Å². The highest BCUT2D eigenvalue weighted by Crippen LogP contribution is 2.45. The Morgan fingerprint density at radius 1 is 0.842 bits per heavy atom. The van der Waals surface area contributed by atoms with Gasteiger partial charge in [0.15, 0.2) is 11.5 Å². The number of amides is 1. The van der Waals surface area contributed by atoms with E-state index in [9.17, 15) is 14.7 Å². The first-order valence-electron chi connectivity index (χ1n) is 12.6. The zero-order valence-electron chi connectivity index (χ0n) is 22.6. The molecule has 1 heterocycles. The zero-order chi connectivity index (χ0) is 27.6. The predicted molar refractivity (Wildman–Crippen MR) is 147 cm³/mol. The highest BCUT2D eigenvalue weighted by molar-refractivity contribution is 6.51. The molecule has 7 heteroatoms. The van der Waals surface area contributed by atoms with Gasteiger partial charge in [-0.3, -0.25) is 14.5 Å². The molecule has 1 saturated heterocycles. The molecule has 0 aromatic heterocycles. The van der Waals surface area contributed by atoms with Gasteiger partial charge in [0.2, 0.25) is 0 Å². The summed E-state index contributed by atoms with van der Waals surface area (Å²) in [5, 5.41) is 11.5. The van der Waals surface area contributed by atoms with E-state index >= 15 is 0 Å². The predicted octanol–water partition coefficient (Wildman–Crippen LogP) is 6.04. The number of Topliss-reactive ketones (excluding diaryl/α,β-unsaturated/α-hetero) is 1. The van der Waals surface area contributed by atoms with E-state index in [-0.39, 0.29) is 11.3 Å². The topological polar surface area (TPSA) is 85.3 Å². The third-order valence-electron chi connectivity index (χ3n) is 6.62. The van der Waals surface area contributed by atoms with Crippen molar-refractivity contribution in [3.05, 3.63) is 88.0 Å². The van der Waals surface area contributed by atoms with Crippen LogP contribution in [0, 0.1) is 20.8 Å². The second kappa shape index (κ2) is 11.0. The average molecular weight is 516 g/mol. The van der Waals surface area contributed by atoms with Crippen molar-refractivity contribution in [1.29, 1.82) is 0 Å². The maximum atomic E-state index is 13.6. The van der Waals surface area contributed by atoms with Crippen LogP contribution in [-0.4, -0.2) is 37.1 Å². The Labute approximate surface area is 223 Å². The summed E-state index contributed by atoms with van der Waals surface area (Å²) < 4.78 is 16.9. The van der Waals surface area contributed by atoms with Crippen molar-refractivity contribution in [1.82, 2.24) is 0 Å². The molecule has 0 aliphatic carbocycles. The standard InChI is InChI=1S/C31H33NO6/c1-7-37-24-13-12-22(16-20(24)5)29(33)27-28(21-11-14-25(36-6)26(17-21)38-8-2)32(31(35)30(27)34)23-15-18(3)9-10-19(23)4/h9-17,28,33H,7-8H2,1-6H3/b29-27-. The minimum Gasteiger partial charge on any atom is -0.507 e. The summed E-state index contributed by atoms with van der Waals surface area (Å²) in [6.07, 6.45) is 0. The van der Waals surface area contributed by atoms with E-state index in [0.29, 0.717) is 47.3 Å². The molecular formula is C31H33NO6. The van der Waals surface area contributed by atoms with Crippen LogP contribution < -0.4 is 19.1 Å². The first-order chi connectivity index (χ1) is 18.2. The van der Waals surface area contributed by atoms with Crippen LogP contribution in [0.15, 0.2) is 60.2 Å². The number of hydrogen-bond donors (Lipinski definition) is 1. The molecule has 1 atom stereocenters. The number of rotatable bonds is 8. The first-order valence-corrected chi connectivity index (χ1v) is 12.6. The molecule has 38 heavy (non-hydrogen) atoms. The molecule has 1 fully saturated rings. The fourth-order valence-corrected chi connectivity index (χ4v) is 4.78. The number of carbonyl (C=O) groups is 2. The Morgan fingerprint density at radius 2 is 1.53 bits per heavy atom. The Kier molecular flexibility index (Phi) is 7.76. The van der Waals surface area contributed by atoms with E-state index in [1.165, 1.54) is 4.90 Å². The number of methoxy groups -OCH3 is 1. The van der Waals surface area contributed by atoms with Crippen molar-refractivity contribution in [2.75, 3.05) is 25.2 Å². The number of aliphatic hydroxyl groups is 1. The summed E-state index contributed by atoms with van der Waals surface area (Å²) >= 11 is 0. The van der Waals surface area contributed by atoms with Gasteiger partial charge in [0.25, 0.3) is 11.7 Å². The Balaban J connectivity index is 1.97. The van der Waals surface area contributed by atoms with Gasteiger partial charge in [0, 0.05) is 11.3 Å². The molecule has 3 aromatic rings. The van der Waals surface area contributed by atoms with Gasteiger partial charge >= 0.3 is 0 Å². The van der Waals surface area contributed by atoms with E-state index in [2.05, 4.69) is 0 Å². The van der Waals surface area contributed by atoms with Gasteiger partial charge in [-0.15, -0.1) is 0 Å². The monoisotopic (exact) mass is 515 g/mol. The number of benzene rings is 3. The summed E-state index contributed by atoms with van der Waals surface area (Å²) in [5.41, 5.74) is 4.22. The Hall–Kier alpha value is -4.26. The fraction of sp³-hybridized carbons (Fsp3) is 0.290. The molecule has 7 nitrogen and oxygen atoms in total. The summed E-state index contributed by atoms with van der Waals surface area (Å²) in [4.78, 5) is 28.6. The van der Waals surface area contributed by atoms with Crippen LogP contribution in [0.4, 0.5) is 5.69 Å². The van der Waals surface area contributed by atoms with Crippen molar-refractivity contribution < 1.29 is 28.9 Å². The van der Waals surface area contributed by atoms with E-state index < -0.39 is 17.7 Å². The maximum absolute atomic E-state index is 13.6. The molecule has 198 valence electrons. The van der Waals surface area contributed by atoms with Crippen molar-refractivity contribution in [2.24, 2.45) is 0 Å². The number of hydrogen-bond acceptors (Lipinski definition) is 6. The second-order valence-corrected chi connectivity index (χ2v) is 9.22. The lowest BCUT2D eigenvalue weighted by atomic mass is 9.94. The minimum absolute atomic E-state index is 0.00656. The van der Waals surface area contributed by atoms with Crippen molar-refractivity contribution >= 4 is 23.1 Å². The lowest BCUT2D eigenvalue weighted by molar-refractivity contribution is -0.132. The zero-order valence-corrected chi connectivity index (χ0v) is 22.6. The third kappa shape index (κ3) is 4.84. The first kappa shape index (κ1) is 26.8. The van der Waals surface area contributed by atoms with Gasteiger partial charge in [-0.2, -0.15) is 0 Å². The number of ether oxygens (including phenoxy) is 3. The normalized spacial score (nSPS) is 16.6. The molecule has 0 radical (unpaired) electrons. The molecule has 1 aliphatic rings. The lowest BCUT2D eigenvalue weighted by Gasteiger charge is -2.27. The molecule has 1 unspecified atom stereocenters. The Morgan fingerprint density at radius 3 is 2.18 bits per heavy atom. The van der Waals surface area contributed by atoms with Crippen molar-refractivity contribution in [2.45, 2.75) is 40.7 Å². The molecule has 1 aliphatic heterocycles. The van der Waals surface area contributed by atoms with E-state index in [4.69, 9.17) is 14.2 Å². The maximum Gasteiger partial charge on any atom is 0.300 e. The smallest absolute Gasteiger partial charge is 0.300 e. The van der Waals surface area contributed by atoms with E-state index in [0.717, 1.165) is 16.7 Å². The quantitative estimate of drug-likeness (QED) is 0.224. The van der Waals surface area contributed by atoms with Gasteiger partial charge in [-0.25, -0.2) is 0 Å². The number of aryl methyl sites for hydroxylation is 3. The van der Waals surface area contributed by atoms with Gasteiger partial charge in [-0.1, -0.05) is 18.2 Å². The van der Waals surface area contributed by atoms with Crippen molar-refractivity contribution in [3.63, 3.8) is 0 Å². The van der Waals surface area contributed by atoms with Crippen LogP contribution in [0.5, 0.6) is 17.2 Å². The summed E-state index contributed by atoms with van der Waals surface area (Å²) in [6, 6.07) is 15.3. The number of anilines is 1. The van der Waals surface area contributed by atoms with Crippen LogP contribution in [0.25, 0.3) is 5.76 Å². The van der Waals surface area contributed by atoms with E-state index in [1.54, 1.807) is 43.5 Å². The molecule has 1 amide bonds. The summed E-state index contributed by atoms with van der Waals surface area (Å²) in [5.74, 6) is -0.0122. The SMILES string of the molecule is CCOc1ccc(/C(O)=C2/C(=O)C(=O)N(c3cc(C)ccc3C)C2c2ccc(OC)c(OCC)c2)cc1C. The highest BCUT2D eigenvalue weighted by Gasteiger charge is 2.47. The molecule has 1 N–H and O–H groups in total. The minimum atomic E-state index is -0.882. The number of ketones is 1. The lowest BCUT2D eigenvalue weighted by Crippen LogP contribution is -2.30. The van der Waals surface area contributed by atoms with Crippen molar-refractivity contribution in [3.8, 4) is 17.2 Å². The Bertz CT molecular complexity index is 1420. The average Bonchev–Trinajstić information content (AvgIpc) is 3.16. The number of carbonyl (C=O) groups excluding carboxylic acids is 2. The molecule has 0 saturated carbocycles. The van der Waals surface area contributed by atoms with Crippen LogP contribution >= 0.6 is 0 Å². The van der Waals surface area contributed by atoms with Crippen LogP contribution in [-0.2, 0) is 9.59 Å². The molecular weight excluding hydrogens is 482 g/mol. The van der Waals surface area contributed by atoms with Crippen LogP contribution in [0.1, 0.15) is 47.7 Å². The van der Waals surface area contributed by atoms with Gasteiger partial charge in [0.05, 0.1) is 31.9 Å². The molecule has 4 rings (SSSR count). The van der Waals surface area contributed by atoms with Crippen LogP contribution in [0.3, 0.4) is 0 Å². The van der Waals surface area contributed by atoms with Gasteiger partial charge < -0.3 is 19.3 Å². The molecule has 3 aromatic carbocycles. The molecule has 0 spiro atoms. The molecule has 0 bridgehead atoms. The highest BCUT2D eigenvalue weighted by atomic mass is 16.5.